The standard InChI is InChI=1S/C9H8N2S.2C2H6/c1-7-10-9(11-12-7)8-5-3-2-4-6-8;2*1-2/h2-6H,1H3;2*1-2H3. The highest BCUT2D eigenvalue weighted by Crippen LogP contribution is 2.16. The normalized spacial score (nSPS) is 8.31. The van der Waals surface area contributed by atoms with E-state index in [1.165, 1.54) is 11.5 Å². The minimum atomic E-state index is 0.832. The molecule has 2 nitrogen and oxygen atoms in total. The van der Waals surface area contributed by atoms with Crippen molar-refractivity contribution in [3.63, 3.8) is 0 Å². The largest absolute Gasteiger partial charge is 0.220 e. The van der Waals surface area contributed by atoms with Gasteiger partial charge in [-0.1, -0.05) is 58.0 Å². The molecule has 2 aromatic rings. The van der Waals surface area contributed by atoms with E-state index < -0.39 is 0 Å². The van der Waals surface area contributed by atoms with Crippen LogP contribution in [0.1, 0.15) is 32.7 Å². The number of hydrogen-bond donors (Lipinski definition) is 0. The fourth-order valence-electron chi connectivity index (χ4n) is 1.00. The van der Waals surface area contributed by atoms with Crippen LogP contribution >= 0.6 is 11.5 Å². The zero-order chi connectivity index (χ0) is 12.4. The van der Waals surface area contributed by atoms with E-state index in [2.05, 4.69) is 9.36 Å². The quantitative estimate of drug-likeness (QED) is 0.725. The molecule has 0 aliphatic rings. The van der Waals surface area contributed by atoms with E-state index in [-0.39, 0.29) is 0 Å². The van der Waals surface area contributed by atoms with Crippen LogP contribution in [0.4, 0.5) is 0 Å². The molecule has 0 N–H and O–H groups in total. The molecule has 0 amide bonds. The van der Waals surface area contributed by atoms with E-state index in [4.69, 9.17) is 0 Å². The van der Waals surface area contributed by atoms with Gasteiger partial charge in [0.1, 0.15) is 5.01 Å². The second kappa shape index (κ2) is 9.04. The van der Waals surface area contributed by atoms with Crippen molar-refractivity contribution in [3.05, 3.63) is 35.3 Å². The average molecular weight is 236 g/mol. The first-order valence-corrected chi connectivity index (χ1v) is 6.49. The Labute approximate surface area is 103 Å². The second-order valence-corrected chi connectivity index (χ2v) is 3.46. The smallest absolute Gasteiger partial charge is 0.173 e. The van der Waals surface area contributed by atoms with Gasteiger partial charge in [-0.3, -0.25) is 0 Å². The zero-order valence-corrected chi connectivity index (χ0v) is 11.5. The Balaban J connectivity index is 0.000000509. The molecule has 0 atom stereocenters. The Morgan fingerprint density at radius 3 is 1.94 bits per heavy atom. The summed E-state index contributed by atoms with van der Waals surface area (Å²) in [6.07, 6.45) is 0. The molecule has 0 saturated carbocycles. The highest BCUT2D eigenvalue weighted by atomic mass is 32.1. The van der Waals surface area contributed by atoms with E-state index in [1.54, 1.807) is 0 Å². The van der Waals surface area contributed by atoms with Gasteiger partial charge in [0.05, 0.1) is 0 Å². The van der Waals surface area contributed by atoms with Gasteiger partial charge in [-0.15, -0.1) is 0 Å². The summed E-state index contributed by atoms with van der Waals surface area (Å²) in [5, 5.41) is 1.01. The highest BCUT2D eigenvalue weighted by Gasteiger charge is 2.01. The lowest BCUT2D eigenvalue weighted by molar-refractivity contribution is 1.26. The first-order chi connectivity index (χ1) is 7.86. The number of nitrogens with zero attached hydrogens (tertiary/aromatic N) is 2. The van der Waals surface area contributed by atoms with Crippen molar-refractivity contribution in [1.82, 2.24) is 9.36 Å². The molecular weight excluding hydrogens is 216 g/mol. The Hall–Kier alpha value is -1.22. The summed E-state index contributed by atoms with van der Waals surface area (Å²) >= 11 is 1.44. The molecule has 1 heterocycles. The number of rotatable bonds is 1. The van der Waals surface area contributed by atoms with Crippen LogP contribution < -0.4 is 0 Å². The van der Waals surface area contributed by atoms with Gasteiger partial charge in [0.2, 0.25) is 0 Å². The SMILES string of the molecule is CC.CC.Cc1nc(-c2ccccc2)ns1. The van der Waals surface area contributed by atoms with Gasteiger partial charge in [-0.2, -0.15) is 4.37 Å². The summed E-state index contributed by atoms with van der Waals surface area (Å²) in [4.78, 5) is 4.29. The molecule has 88 valence electrons. The fourth-order valence-corrected chi connectivity index (χ4v) is 1.50. The van der Waals surface area contributed by atoms with E-state index >= 15 is 0 Å². The van der Waals surface area contributed by atoms with Crippen molar-refractivity contribution in [2.24, 2.45) is 0 Å². The summed E-state index contributed by atoms with van der Waals surface area (Å²) in [6.45, 7) is 9.96. The Kier molecular flexibility index (Phi) is 8.35. The number of benzene rings is 1. The van der Waals surface area contributed by atoms with Gasteiger partial charge in [0, 0.05) is 5.56 Å². The number of hydrogen-bond acceptors (Lipinski definition) is 3. The molecule has 0 aliphatic carbocycles. The van der Waals surface area contributed by atoms with Crippen molar-refractivity contribution in [3.8, 4) is 11.4 Å². The van der Waals surface area contributed by atoms with E-state index in [1.807, 2.05) is 65.0 Å². The van der Waals surface area contributed by atoms with E-state index in [0.717, 1.165) is 16.4 Å². The second-order valence-electron chi connectivity index (χ2n) is 2.50. The van der Waals surface area contributed by atoms with Gasteiger partial charge in [0.25, 0.3) is 0 Å². The molecular formula is C13H20N2S. The molecule has 0 saturated heterocycles. The summed E-state index contributed by atoms with van der Waals surface area (Å²) in [7, 11) is 0. The predicted octanol–water partition coefficient (Wildman–Crippen LogP) is 4.57. The molecule has 0 unspecified atom stereocenters. The lowest BCUT2D eigenvalue weighted by atomic mass is 10.2. The van der Waals surface area contributed by atoms with Crippen molar-refractivity contribution in [1.29, 1.82) is 0 Å². The molecule has 0 spiro atoms. The van der Waals surface area contributed by atoms with Crippen LogP contribution in [-0.2, 0) is 0 Å². The molecule has 0 aliphatic heterocycles. The summed E-state index contributed by atoms with van der Waals surface area (Å²) < 4.78 is 4.22. The van der Waals surface area contributed by atoms with Crippen molar-refractivity contribution < 1.29 is 0 Å². The molecule has 2 rings (SSSR count). The lowest BCUT2D eigenvalue weighted by Gasteiger charge is -1.91. The monoisotopic (exact) mass is 236 g/mol. The molecule has 3 heteroatoms. The molecule has 0 radical (unpaired) electrons. The van der Waals surface area contributed by atoms with Gasteiger partial charge in [-0.25, -0.2) is 4.98 Å². The average Bonchev–Trinajstić information content (AvgIpc) is 2.82. The van der Waals surface area contributed by atoms with Crippen LogP contribution in [0.25, 0.3) is 11.4 Å². The first kappa shape index (κ1) is 14.8. The Morgan fingerprint density at radius 2 is 1.50 bits per heavy atom. The highest BCUT2D eigenvalue weighted by molar-refractivity contribution is 7.05. The summed E-state index contributed by atoms with van der Waals surface area (Å²) in [6, 6.07) is 10.0. The fraction of sp³-hybridized carbons (Fsp3) is 0.385. The van der Waals surface area contributed by atoms with Crippen molar-refractivity contribution >= 4 is 11.5 Å². The van der Waals surface area contributed by atoms with Crippen molar-refractivity contribution in [2.75, 3.05) is 0 Å². The third-order valence-electron chi connectivity index (χ3n) is 1.56. The number of aromatic nitrogens is 2. The van der Waals surface area contributed by atoms with Crippen LogP contribution in [0.3, 0.4) is 0 Å². The molecule has 16 heavy (non-hydrogen) atoms. The van der Waals surface area contributed by atoms with Gasteiger partial charge in [0.15, 0.2) is 5.82 Å². The maximum absolute atomic E-state index is 4.29. The van der Waals surface area contributed by atoms with Crippen LogP contribution in [0.2, 0.25) is 0 Å². The molecule has 0 bridgehead atoms. The number of aryl methyl sites for hydroxylation is 1. The van der Waals surface area contributed by atoms with Gasteiger partial charge >= 0.3 is 0 Å². The van der Waals surface area contributed by atoms with E-state index in [9.17, 15) is 0 Å². The zero-order valence-electron chi connectivity index (χ0n) is 10.7. The van der Waals surface area contributed by atoms with Crippen molar-refractivity contribution in [2.45, 2.75) is 34.6 Å². The first-order valence-electron chi connectivity index (χ1n) is 5.72. The molecule has 0 fully saturated rings. The Bertz CT molecular complexity index is 368. The van der Waals surface area contributed by atoms with Gasteiger partial charge < -0.3 is 0 Å². The maximum atomic E-state index is 4.29. The van der Waals surface area contributed by atoms with E-state index in [0.29, 0.717) is 0 Å². The van der Waals surface area contributed by atoms with Crippen LogP contribution in [0, 0.1) is 6.92 Å². The maximum Gasteiger partial charge on any atom is 0.173 e. The van der Waals surface area contributed by atoms with Crippen LogP contribution in [0.15, 0.2) is 30.3 Å². The minimum absolute atomic E-state index is 0.832. The Morgan fingerprint density at radius 1 is 0.938 bits per heavy atom. The topological polar surface area (TPSA) is 25.8 Å². The lowest BCUT2D eigenvalue weighted by Crippen LogP contribution is -1.78. The third kappa shape index (κ3) is 4.53. The summed E-state index contributed by atoms with van der Waals surface area (Å²) in [5.74, 6) is 0.832. The molecule has 1 aromatic carbocycles. The minimum Gasteiger partial charge on any atom is -0.220 e. The third-order valence-corrected chi connectivity index (χ3v) is 2.18. The van der Waals surface area contributed by atoms with Gasteiger partial charge in [-0.05, 0) is 18.5 Å². The summed E-state index contributed by atoms with van der Waals surface area (Å²) in [5.41, 5.74) is 1.09. The van der Waals surface area contributed by atoms with Crippen LogP contribution in [-0.4, -0.2) is 9.36 Å². The predicted molar refractivity (Wildman–Crippen MR) is 72.8 cm³/mol. The molecule has 1 aromatic heterocycles. The van der Waals surface area contributed by atoms with Crippen LogP contribution in [0.5, 0.6) is 0 Å².